The number of fused-ring (bicyclic) bond motifs is 1. The predicted octanol–water partition coefficient (Wildman–Crippen LogP) is 2.67. The van der Waals surface area contributed by atoms with Gasteiger partial charge in [-0.3, -0.25) is 4.79 Å². The molecule has 1 fully saturated rings. The molecule has 4 nitrogen and oxygen atoms in total. The fourth-order valence-corrected chi connectivity index (χ4v) is 2.75. The summed E-state index contributed by atoms with van der Waals surface area (Å²) in [4.78, 5) is 16.2. The van der Waals surface area contributed by atoms with E-state index in [0.717, 1.165) is 48.5 Å². The minimum Gasteiger partial charge on any atom is -0.381 e. The summed E-state index contributed by atoms with van der Waals surface area (Å²) in [6.07, 6.45) is 2.05. The molecule has 1 saturated heterocycles. The number of nitrogens with zero attached hydrogens (tertiary/aromatic N) is 2. The number of hydrogen-bond donors (Lipinski definition) is 0. The number of ether oxygens (including phenoxy) is 1. The van der Waals surface area contributed by atoms with Crippen molar-refractivity contribution in [2.75, 3.05) is 13.2 Å². The van der Waals surface area contributed by atoms with Gasteiger partial charge in [0.25, 0.3) is 0 Å². The lowest BCUT2D eigenvalue weighted by Gasteiger charge is -2.21. The maximum Gasteiger partial charge on any atom is 0.159 e. The number of benzene rings is 1. The molecule has 1 aromatic heterocycles. The van der Waals surface area contributed by atoms with Gasteiger partial charge in [0, 0.05) is 31.7 Å². The van der Waals surface area contributed by atoms with Crippen molar-refractivity contribution in [1.29, 1.82) is 0 Å². The Morgan fingerprint density at radius 1 is 1.37 bits per heavy atom. The molecule has 3 rings (SSSR count). The lowest BCUT2D eigenvalue weighted by atomic mass is 9.99. The van der Waals surface area contributed by atoms with Crippen molar-refractivity contribution in [3.8, 4) is 0 Å². The number of aromatic nitrogens is 2. The molecule has 0 saturated carbocycles. The molecule has 1 aliphatic heterocycles. The van der Waals surface area contributed by atoms with Crippen LogP contribution in [0.1, 0.15) is 41.9 Å². The van der Waals surface area contributed by atoms with Crippen molar-refractivity contribution in [3.63, 3.8) is 0 Å². The minimum absolute atomic E-state index is 0.0933. The first-order chi connectivity index (χ1) is 9.16. The number of carbonyl (C=O) groups excluding carboxylic acids is 1. The largest absolute Gasteiger partial charge is 0.381 e. The molecule has 2 heterocycles. The van der Waals surface area contributed by atoms with Crippen LogP contribution in [0, 0.1) is 0 Å². The van der Waals surface area contributed by atoms with Crippen LogP contribution >= 0.6 is 0 Å². The summed E-state index contributed by atoms with van der Waals surface area (Å²) in [7, 11) is 2.03. The number of aryl methyl sites for hydroxylation is 1. The Kier molecular flexibility index (Phi) is 3.11. The van der Waals surface area contributed by atoms with E-state index in [-0.39, 0.29) is 5.78 Å². The molecular formula is C15H18N2O2. The van der Waals surface area contributed by atoms with Gasteiger partial charge >= 0.3 is 0 Å². The van der Waals surface area contributed by atoms with Crippen LogP contribution < -0.4 is 0 Å². The summed E-state index contributed by atoms with van der Waals surface area (Å²) in [6, 6.07) is 5.73. The van der Waals surface area contributed by atoms with Gasteiger partial charge in [0.05, 0.1) is 11.0 Å². The molecule has 0 radical (unpaired) electrons. The topological polar surface area (TPSA) is 44.1 Å². The Balaban J connectivity index is 2.06. The molecule has 0 bridgehead atoms. The Bertz CT molecular complexity index is 624. The molecule has 0 spiro atoms. The molecule has 0 unspecified atom stereocenters. The van der Waals surface area contributed by atoms with Crippen LogP contribution in [0.2, 0.25) is 0 Å². The van der Waals surface area contributed by atoms with Crippen molar-refractivity contribution in [3.05, 3.63) is 29.6 Å². The van der Waals surface area contributed by atoms with Crippen molar-refractivity contribution < 1.29 is 9.53 Å². The van der Waals surface area contributed by atoms with E-state index < -0.39 is 0 Å². The van der Waals surface area contributed by atoms with Crippen molar-refractivity contribution in [1.82, 2.24) is 9.55 Å². The smallest absolute Gasteiger partial charge is 0.159 e. The van der Waals surface area contributed by atoms with Gasteiger partial charge in [-0.1, -0.05) is 0 Å². The lowest BCUT2D eigenvalue weighted by molar-refractivity contribution is 0.0831. The molecule has 0 aliphatic carbocycles. The Morgan fingerprint density at radius 2 is 2.11 bits per heavy atom. The highest BCUT2D eigenvalue weighted by Gasteiger charge is 2.21. The molecule has 1 aliphatic rings. The lowest BCUT2D eigenvalue weighted by Crippen LogP contribution is -2.17. The third kappa shape index (κ3) is 2.16. The zero-order chi connectivity index (χ0) is 13.4. The minimum atomic E-state index is 0.0933. The third-order valence-electron chi connectivity index (χ3n) is 3.91. The Hall–Kier alpha value is -1.68. The van der Waals surface area contributed by atoms with Gasteiger partial charge in [-0.15, -0.1) is 0 Å². The van der Waals surface area contributed by atoms with Crippen LogP contribution in [0.4, 0.5) is 0 Å². The number of hydrogen-bond acceptors (Lipinski definition) is 3. The number of ketones is 1. The van der Waals surface area contributed by atoms with E-state index in [9.17, 15) is 4.79 Å². The highest BCUT2D eigenvalue weighted by molar-refractivity contribution is 5.97. The fourth-order valence-electron chi connectivity index (χ4n) is 2.75. The van der Waals surface area contributed by atoms with Gasteiger partial charge in [0.1, 0.15) is 5.82 Å². The maximum atomic E-state index is 11.5. The molecule has 2 aromatic rings. The summed E-state index contributed by atoms with van der Waals surface area (Å²) < 4.78 is 7.53. The molecule has 1 aromatic carbocycles. The van der Waals surface area contributed by atoms with Crippen LogP contribution in [0.25, 0.3) is 11.0 Å². The van der Waals surface area contributed by atoms with Crippen LogP contribution in [-0.4, -0.2) is 28.5 Å². The number of rotatable bonds is 2. The Labute approximate surface area is 112 Å². The SMILES string of the molecule is CC(=O)c1ccc2nc(C3CCOCC3)n(C)c2c1. The second kappa shape index (κ2) is 4.78. The van der Waals surface area contributed by atoms with Crippen molar-refractivity contribution in [2.24, 2.45) is 7.05 Å². The van der Waals surface area contributed by atoms with Crippen LogP contribution in [0.5, 0.6) is 0 Å². The van der Waals surface area contributed by atoms with E-state index in [2.05, 4.69) is 4.57 Å². The standard InChI is InChI=1S/C15H18N2O2/c1-10(18)12-3-4-13-14(9-12)17(2)15(16-13)11-5-7-19-8-6-11/h3-4,9,11H,5-8H2,1-2H3. The first-order valence-electron chi connectivity index (χ1n) is 6.72. The second-order valence-corrected chi connectivity index (χ2v) is 5.18. The number of Topliss-reactive ketones (excluding diaryl/α,β-unsaturated/α-hetero) is 1. The van der Waals surface area contributed by atoms with Crippen LogP contribution in [-0.2, 0) is 11.8 Å². The number of imidazole rings is 1. The summed E-state index contributed by atoms with van der Waals surface area (Å²) in [6.45, 7) is 3.22. The number of carbonyl (C=O) groups is 1. The highest BCUT2D eigenvalue weighted by Crippen LogP contribution is 2.28. The quantitative estimate of drug-likeness (QED) is 0.778. The van der Waals surface area contributed by atoms with Gasteiger partial charge in [-0.25, -0.2) is 4.98 Å². The average Bonchev–Trinajstić information content (AvgIpc) is 2.77. The van der Waals surface area contributed by atoms with Gasteiger partial charge in [-0.2, -0.15) is 0 Å². The molecule has 0 amide bonds. The van der Waals surface area contributed by atoms with Gasteiger partial charge < -0.3 is 9.30 Å². The Morgan fingerprint density at radius 3 is 2.79 bits per heavy atom. The van der Waals surface area contributed by atoms with Crippen molar-refractivity contribution in [2.45, 2.75) is 25.7 Å². The molecule has 4 heteroatoms. The molecule has 0 atom stereocenters. The zero-order valence-corrected chi connectivity index (χ0v) is 11.3. The molecule has 0 N–H and O–H groups in total. The fraction of sp³-hybridized carbons (Fsp3) is 0.467. The first-order valence-corrected chi connectivity index (χ1v) is 6.72. The van der Waals surface area contributed by atoms with E-state index in [1.54, 1.807) is 6.92 Å². The molecular weight excluding hydrogens is 240 g/mol. The summed E-state index contributed by atoms with van der Waals surface area (Å²) >= 11 is 0. The monoisotopic (exact) mass is 258 g/mol. The van der Waals surface area contributed by atoms with Crippen LogP contribution in [0.15, 0.2) is 18.2 Å². The van der Waals surface area contributed by atoms with E-state index in [4.69, 9.17) is 9.72 Å². The average molecular weight is 258 g/mol. The first kappa shape index (κ1) is 12.4. The normalized spacial score (nSPS) is 16.9. The van der Waals surface area contributed by atoms with E-state index in [1.165, 1.54) is 0 Å². The zero-order valence-electron chi connectivity index (χ0n) is 11.3. The molecule has 19 heavy (non-hydrogen) atoms. The summed E-state index contributed by atoms with van der Waals surface area (Å²) in [5, 5.41) is 0. The van der Waals surface area contributed by atoms with Gasteiger partial charge in [0.2, 0.25) is 0 Å². The van der Waals surface area contributed by atoms with E-state index in [1.807, 2.05) is 25.2 Å². The van der Waals surface area contributed by atoms with Crippen LogP contribution in [0.3, 0.4) is 0 Å². The van der Waals surface area contributed by atoms with E-state index in [0.29, 0.717) is 5.92 Å². The summed E-state index contributed by atoms with van der Waals surface area (Å²) in [5.41, 5.74) is 2.75. The maximum absolute atomic E-state index is 11.5. The van der Waals surface area contributed by atoms with Gasteiger partial charge in [-0.05, 0) is 38.0 Å². The van der Waals surface area contributed by atoms with E-state index >= 15 is 0 Å². The van der Waals surface area contributed by atoms with Gasteiger partial charge in [0.15, 0.2) is 5.78 Å². The summed E-state index contributed by atoms with van der Waals surface area (Å²) in [5.74, 6) is 1.67. The van der Waals surface area contributed by atoms with Crippen molar-refractivity contribution >= 4 is 16.8 Å². The third-order valence-corrected chi connectivity index (χ3v) is 3.91. The second-order valence-electron chi connectivity index (χ2n) is 5.18. The predicted molar refractivity (Wildman–Crippen MR) is 73.5 cm³/mol. The highest BCUT2D eigenvalue weighted by atomic mass is 16.5. The molecule has 100 valence electrons.